The lowest BCUT2D eigenvalue weighted by Gasteiger charge is -2.34. The Labute approximate surface area is 148 Å². The Bertz CT molecular complexity index is 934. The maximum atomic E-state index is 13.3. The molecule has 3 aromatic rings. The Balaban J connectivity index is 1.46. The molecule has 7 heteroatoms. The molecule has 1 fully saturated rings. The van der Waals surface area contributed by atoms with Crippen LogP contribution in [0.4, 0.5) is 9.52 Å². The lowest BCUT2D eigenvalue weighted by atomic mass is 10.2. The molecule has 1 aliphatic rings. The molecule has 25 heavy (non-hydrogen) atoms. The first-order valence-electron chi connectivity index (χ1n) is 8.13. The largest absolute Gasteiger partial charge is 0.345 e. The number of thiazole rings is 1. The first kappa shape index (κ1) is 16.0. The number of amides is 1. The molecule has 2 aromatic heterocycles. The van der Waals surface area contributed by atoms with Crippen LogP contribution in [0.15, 0.2) is 36.5 Å². The summed E-state index contributed by atoms with van der Waals surface area (Å²) in [4.78, 5) is 25.3. The van der Waals surface area contributed by atoms with Gasteiger partial charge in [-0.25, -0.2) is 9.37 Å². The number of aromatic nitrogens is 2. The van der Waals surface area contributed by atoms with Crippen molar-refractivity contribution in [3.05, 3.63) is 53.6 Å². The van der Waals surface area contributed by atoms with Crippen LogP contribution in [0.2, 0.25) is 0 Å². The van der Waals surface area contributed by atoms with Crippen LogP contribution in [-0.4, -0.2) is 47.0 Å². The molecule has 0 atom stereocenters. The fourth-order valence-corrected chi connectivity index (χ4v) is 3.98. The first-order valence-corrected chi connectivity index (χ1v) is 8.95. The monoisotopic (exact) mass is 356 g/mol. The van der Waals surface area contributed by atoms with Crippen molar-refractivity contribution in [3.63, 3.8) is 0 Å². The molecule has 0 bridgehead atoms. The maximum Gasteiger partial charge on any atom is 0.272 e. The fraction of sp³-hybridized carbons (Fsp3) is 0.278. The summed E-state index contributed by atoms with van der Waals surface area (Å²) < 4.78 is 14.2. The number of rotatable bonds is 2. The van der Waals surface area contributed by atoms with Gasteiger partial charge in [0.2, 0.25) is 0 Å². The van der Waals surface area contributed by atoms with Gasteiger partial charge in [-0.1, -0.05) is 11.3 Å². The molecule has 0 saturated carbocycles. The molecular weight excluding hydrogens is 339 g/mol. The van der Waals surface area contributed by atoms with Crippen LogP contribution in [0.25, 0.3) is 10.2 Å². The van der Waals surface area contributed by atoms with Gasteiger partial charge in [0.05, 0.1) is 10.2 Å². The Morgan fingerprint density at radius 3 is 2.72 bits per heavy atom. The summed E-state index contributed by atoms with van der Waals surface area (Å²) in [6, 6.07) is 8.34. The summed E-state index contributed by atoms with van der Waals surface area (Å²) in [5.74, 6) is -0.279. The second-order valence-corrected chi connectivity index (χ2v) is 7.12. The van der Waals surface area contributed by atoms with Crippen molar-refractivity contribution in [2.75, 3.05) is 31.1 Å². The zero-order chi connectivity index (χ0) is 17.4. The van der Waals surface area contributed by atoms with E-state index >= 15 is 0 Å². The molecule has 1 amide bonds. The Morgan fingerprint density at radius 1 is 1.16 bits per heavy atom. The smallest absolute Gasteiger partial charge is 0.272 e. The summed E-state index contributed by atoms with van der Waals surface area (Å²) in [5.41, 5.74) is 2.33. The van der Waals surface area contributed by atoms with Gasteiger partial charge in [-0.05, 0) is 42.8 Å². The predicted octanol–water partition coefficient (Wildman–Crippen LogP) is 3.10. The number of hydrogen-bond acceptors (Lipinski definition) is 5. The highest BCUT2D eigenvalue weighted by Gasteiger charge is 2.24. The van der Waals surface area contributed by atoms with Gasteiger partial charge in [-0.15, -0.1) is 0 Å². The number of benzene rings is 1. The predicted molar refractivity (Wildman–Crippen MR) is 96.7 cm³/mol. The summed E-state index contributed by atoms with van der Waals surface area (Å²) in [5, 5.41) is 0.876. The fourth-order valence-electron chi connectivity index (χ4n) is 2.94. The van der Waals surface area contributed by atoms with Crippen molar-refractivity contribution >= 4 is 32.6 Å². The number of halogens is 1. The number of aryl methyl sites for hydroxylation is 1. The lowest BCUT2D eigenvalue weighted by molar-refractivity contribution is 0.0740. The van der Waals surface area contributed by atoms with Crippen molar-refractivity contribution in [3.8, 4) is 0 Å². The van der Waals surface area contributed by atoms with Gasteiger partial charge in [0.1, 0.15) is 11.5 Å². The van der Waals surface area contributed by atoms with Gasteiger partial charge in [-0.3, -0.25) is 9.78 Å². The van der Waals surface area contributed by atoms with Crippen LogP contribution >= 0.6 is 11.3 Å². The summed E-state index contributed by atoms with van der Waals surface area (Å²) in [6.45, 7) is 4.61. The molecule has 4 rings (SSSR count). The highest BCUT2D eigenvalue weighted by molar-refractivity contribution is 7.22. The summed E-state index contributed by atoms with van der Waals surface area (Å²) >= 11 is 1.48. The highest BCUT2D eigenvalue weighted by atomic mass is 32.1. The number of hydrogen-bond donors (Lipinski definition) is 0. The van der Waals surface area contributed by atoms with E-state index in [4.69, 9.17) is 0 Å². The van der Waals surface area contributed by atoms with Crippen molar-refractivity contribution in [1.29, 1.82) is 0 Å². The number of carbonyl (C=O) groups is 1. The minimum absolute atomic E-state index is 0.0327. The number of fused-ring (bicyclic) bond motifs is 1. The number of carbonyl (C=O) groups excluding carboxylic acids is 1. The molecule has 128 valence electrons. The SMILES string of the molecule is Cc1ccnc(C(=O)N2CCN(c3nc4ccc(F)cc4s3)CC2)c1. The van der Waals surface area contributed by atoms with Crippen LogP contribution in [0.1, 0.15) is 16.1 Å². The van der Waals surface area contributed by atoms with E-state index in [0.29, 0.717) is 31.9 Å². The Morgan fingerprint density at radius 2 is 1.96 bits per heavy atom. The van der Waals surface area contributed by atoms with E-state index in [-0.39, 0.29) is 11.7 Å². The van der Waals surface area contributed by atoms with Gasteiger partial charge in [0.15, 0.2) is 5.13 Å². The number of nitrogens with zero attached hydrogens (tertiary/aromatic N) is 4. The van der Waals surface area contributed by atoms with Gasteiger partial charge in [-0.2, -0.15) is 0 Å². The minimum atomic E-state index is -0.247. The minimum Gasteiger partial charge on any atom is -0.345 e. The standard InChI is InChI=1S/C18H17FN4OS/c1-12-4-5-20-15(10-12)17(24)22-6-8-23(9-7-22)18-21-14-3-2-13(19)11-16(14)25-18/h2-5,10-11H,6-9H2,1H3. The van der Waals surface area contributed by atoms with Gasteiger partial charge in [0, 0.05) is 32.4 Å². The average molecular weight is 356 g/mol. The second kappa shape index (κ2) is 6.40. The van der Waals surface area contributed by atoms with Crippen molar-refractivity contribution in [1.82, 2.24) is 14.9 Å². The molecule has 0 N–H and O–H groups in total. The van der Waals surface area contributed by atoms with E-state index in [2.05, 4.69) is 14.9 Å². The Hall–Kier alpha value is -2.54. The molecule has 0 unspecified atom stereocenters. The second-order valence-electron chi connectivity index (χ2n) is 6.11. The van der Waals surface area contributed by atoms with E-state index in [1.807, 2.05) is 24.0 Å². The third-order valence-corrected chi connectivity index (χ3v) is 5.39. The molecule has 0 radical (unpaired) electrons. The topological polar surface area (TPSA) is 49.3 Å². The molecule has 3 heterocycles. The van der Waals surface area contributed by atoms with Crippen molar-refractivity contribution < 1.29 is 9.18 Å². The number of pyridine rings is 1. The van der Waals surface area contributed by atoms with Gasteiger partial charge >= 0.3 is 0 Å². The molecule has 0 aliphatic carbocycles. The third kappa shape index (κ3) is 3.19. The quantitative estimate of drug-likeness (QED) is 0.708. The lowest BCUT2D eigenvalue weighted by Crippen LogP contribution is -2.49. The van der Waals surface area contributed by atoms with Crippen LogP contribution < -0.4 is 4.90 Å². The zero-order valence-corrected chi connectivity index (χ0v) is 14.6. The maximum absolute atomic E-state index is 13.3. The van der Waals surface area contributed by atoms with Gasteiger partial charge in [0.25, 0.3) is 5.91 Å². The molecule has 5 nitrogen and oxygen atoms in total. The van der Waals surface area contributed by atoms with E-state index in [9.17, 15) is 9.18 Å². The molecule has 1 aliphatic heterocycles. The molecule has 1 aromatic carbocycles. The van der Waals surface area contributed by atoms with Crippen molar-refractivity contribution in [2.45, 2.75) is 6.92 Å². The highest BCUT2D eigenvalue weighted by Crippen LogP contribution is 2.30. The third-order valence-electron chi connectivity index (χ3n) is 4.31. The van der Waals surface area contributed by atoms with E-state index in [1.165, 1.54) is 23.5 Å². The van der Waals surface area contributed by atoms with Crippen LogP contribution in [0, 0.1) is 12.7 Å². The Kier molecular flexibility index (Phi) is 4.09. The molecule has 1 saturated heterocycles. The molecule has 0 spiro atoms. The summed E-state index contributed by atoms with van der Waals surface area (Å²) in [7, 11) is 0. The summed E-state index contributed by atoms with van der Waals surface area (Å²) in [6.07, 6.45) is 1.67. The number of anilines is 1. The van der Waals surface area contributed by atoms with E-state index in [0.717, 1.165) is 20.9 Å². The van der Waals surface area contributed by atoms with Crippen LogP contribution in [0.3, 0.4) is 0 Å². The van der Waals surface area contributed by atoms with Gasteiger partial charge < -0.3 is 9.80 Å². The van der Waals surface area contributed by atoms with Crippen LogP contribution in [0.5, 0.6) is 0 Å². The normalized spacial score (nSPS) is 15.0. The average Bonchev–Trinajstić information content (AvgIpc) is 3.04. The first-order chi connectivity index (χ1) is 12.1. The molecular formula is C18H17FN4OS. The van der Waals surface area contributed by atoms with E-state index in [1.54, 1.807) is 12.3 Å². The van der Waals surface area contributed by atoms with Crippen LogP contribution in [-0.2, 0) is 0 Å². The van der Waals surface area contributed by atoms with E-state index < -0.39 is 0 Å². The van der Waals surface area contributed by atoms with Crippen molar-refractivity contribution in [2.24, 2.45) is 0 Å². The zero-order valence-electron chi connectivity index (χ0n) is 13.8. The number of piperazine rings is 1.